The number of halogens is 4. The quantitative estimate of drug-likeness (QED) is 0.636. The van der Waals surface area contributed by atoms with Crippen LogP contribution in [0.1, 0.15) is 23.1 Å². The van der Waals surface area contributed by atoms with Gasteiger partial charge >= 0.3 is 6.18 Å². The van der Waals surface area contributed by atoms with Gasteiger partial charge in [0.05, 0.1) is 11.3 Å². The molecule has 130 valence electrons. The zero-order chi connectivity index (χ0) is 18.2. The molecule has 3 rings (SSSR count). The molecular formula is C15H11BrF3N5O. The summed E-state index contributed by atoms with van der Waals surface area (Å²) >= 11 is 2.79. The average molecular weight is 414 g/mol. The Morgan fingerprint density at radius 3 is 2.44 bits per heavy atom. The van der Waals surface area contributed by atoms with Crippen molar-refractivity contribution in [3.63, 3.8) is 0 Å². The number of anilines is 1. The number of nitrogens with zero attached hydrogens (tertiary/aromatic N) is 3. The maximum absolute atomic E-state index is 12.9. The summed E-state index contributed by atoms with van der Waals surface area (Å²) in [5.74, 6) is -0.0216. The van der Waals surface area contributed by atoms with E-state index in [9.17, 15) is 13.2 Å². The normalized spacial score (nSPS) is 13.0. The van der Waals surface area contributed by atoms with Gasteiger partial charge in [-0.15, -0.1) is 10.2 Å². The van der Waals surface area contributed by atoms with Crippen LogP contribution in [-0.2, 0) is 6.18 Å². The van der Waals surface area contributed by atoms with Gasteiger partial charge in [-0.3, -0.25) is 0 Å². The molecule has 2 aromatic heterocycles. The summed E-state index contributed by atoms with van der Waals surface area (Å²) in [4.78, 5) is 3.79. The van der Waals surface area contributed by atoms with Gasteiger partial charge < -0.3 is 15.9 Å². The molecule has 4 N–H and O–H groups in total. The minimum absolute atomic E-state index is 0.0566. The summed E-state index contributed by atoms with van der Waals surface area (Å²) in [6.07, 6.45) is -4.59. The number of pyridine rings is 1. The molecule has 0 aliphatic heterocycles. The Kier molecular flexibility index (Phi) is 4.48. The predicted molar refractivity (Wildman–Crippen MR) is 87.1 cm³/mol. The first-order chi connectivity index (χ1) is 11.8. The molecule has 0 radical (unpaired) electrons. The van der Waals surface area contributed by atoms with Crippen molar-refractivity contribution < 1.29 is 17.6 Å². The molecule has 0 amide bonds. The molecule has 2 heterocycles. The molecule has 0 unspecified atom stereocenters. The van der Waals surface area contributed by atoms with E-state index in [-0.39, 0.29) is 23.2 Å². The Labute approximate surface area is 148 Å². The SMILES string of the molecule is Nc1cc(C(F)(F)F)c(Br)nc1-c1nnc([C@H](N)c2ccccc2)o1. The van der Waals surface area contributed by atoms with Gasteiger partial charge in [-0.25, -0.2) is 4.98 Å². The fraction of sp³-hybridized carbons (Fsp3) is 0.133. The lowest BCUT2D eigenvalue weighted by Gasteiger charge is -2.10. The highest BCUT2D eigenvalue weighted by Gasteiger charge is 2.35. The standard InChI is InChI=1S/C15H11BrF3N5O/c16-12-8(15(17,18)19)6-9(20)11(22-12)14-24-23-13(25-14)10(21)7-4-2-1-3-5-7/h1-6,10H,20-21H2/t10-/m1/s1. The maximum atomic E-state index is 12.9. The van der Waals surface area contributed by atoms with Crippen LogP contribution in [0.15, 0.2) is 45.4 Å². The Morgan fingerprint density at radius 1 is 1.12 bits per heavy atom. The zero-order valence-electron chi connectivity index (χ0n) is 12.5. The second-order valence-corrected chi connectivity index (χ2v) is 5.85. The largest absolute Gasteiger partial charge is 0.419 e. The average Bonchev–Trinajstić information content (AvgIpc) is 3.05. The third-order valence-electron chi connectivity index (χ3n) is 3.38. The first kappa shape index (κ1) is 17.4. The van der Waals surface area contributed by atoms with E-state index < -0.39 is 22.4 Å². The van der Waals surface area contributed by atoms with E-state index in [1.807, 2.05) is 6.07 Å². The van der Waals surface area contributed by atoms with Crippen molar-refractivity contribution >= 4 is 21.6 Å². The van der Waals surface area contributed by atoms with Gasteiger partial charge in [-0.1, -0.05) is 30.3 Å². The summed E-state index contributed by atoms with van der Waals surface area (Å²) in [5.41, 5.74) is 11.2. The lowest BCUT2D eigenvalue weighted by atomic mass is 10.1. The zero-order valence-corrected chi connectivity index (χ0v) is 14.0. The summed E-state index contributed by atoms with van der Waals surface area (Å²) < 4.78 is 43.6. The van der Waals surface area contributed by atoms with Crippen molar-refractivity contribution in [3.05, 3.63) is 58.0 Å². The highest BCUT2D eigenvalue weighted by Crippen LogP contribution is 2.37. The minimum Gasteiger partial charge on any atom is -0.417 e. The number of hydrogen-bond acceptors (Lipinski definition) is 6. The molecule has 0 aliphatic carbocycles. The van der Waals surface area contributed by atoms with Crippen molar-refractivity contribution in [2.45, 2.75) is 12.2 Å². The van der Waals surface area contributed by atoms with Gasteiger partial charge in [-0.2, -0.15) is 13.2 Å². The van der Waals surface area contributed by atoms with Gasteiger partial charge in [0.2, 0.25) is 5.89 Å². The van der Waals surface area contributed by atoms with Gasteiger partial charge in [0.15, 0.2) is 5.69 Å². The summed E-state index contributed by atoms with van der Waals surface area (Å²) in [6.45, 7) is 0. The molecule has 0 fully saturated rings. The number of nitrogens with two attached hydrogens (primary N) is 2. The highest BCUT2D eigenvalue weighted by molar-refractivity contribution is 9.10. The number of nitrogen functional groups attached to an aromatic ring is 1. The smallest absolute Gasteiger partial charge is 0.417 e. The van der Waals surface area contributed by atoms with E-state index in [2.05, 4.69) is 31.1 Å². The van der Waals surface area contributed by atoms with Crippen molar-refractivity contribution in [3.8, 4) is 11.6 Å². The van der Waals surface area contributed by atoms with E-state index in [4.69, 9.17) is 15.9 Å². The van der Waals surface area contributed by atoms with E-state index >= 15 is 0 Å². The van der Waals surface area contributed by atoms with Gasteiger partial charge in [0, 0.05) is 0 Å². The van der Waals surface area contributed by atoms with Crippen LogP contribution in [0.3, 0.4) is 0 Å². The lowest BCUT2D eigenvalue weighted by Crippen LogP contribution is -2.12. The monoisotopic (exact) mass is 413 g/mol. The van der Waals surface area contributed by atoms with Gasteiger partial charge in [-0.05, 0) is 27.6 Å². The maximum Gasteiger partial charge on any atom is 0.419 e. The molecule has 10 heteroatoms. The van der Waals surface area contributed by atoms with Crippen molar-refractivity contribution in [2.24, 2.45) is 5.73 Å². The minimum atomic E-state index is -4.59. The third kappa shape index (κ3) is 3.49. The van der Waals surface area contributed by atoms with Crippen molar-refractivity contribution in [1.29, 1.82) is 0 Å². The van der Waals surface area contributed by atoms with E-state index in [1.165, 1.54) is 0 Å². The Balaban J connectivity index is 1.97. The molecule has 0 saturated carbocycles. The number of aromatic nitrogens is 3. The van der Waals surface area contributed by atoms with Crippen LogP contribution < -0.4 is 11.5 Å². The molecule has 0 aliphatic rings. The first-order valence-corrected chi connectivity index (χ1v) is 7.74. The number of rotatable bonds is 3. The second-order valence-electron chi connectivity index (χ2n) is 5.10. The van der Waals surface area contributed by atoms with Crippen LogP contribution in [0.5, 0.6) is 0 Å². The van der Waals surface area contributed by atoms with Crippen LogP contribution in [0, 0.1) is 0 Å². The highest BCUT2D eigenvalue weighted by atomic mass is 79.9. The molecule has 0 spiro atoms. The van der Waals surface area contributed by atoms with Crippen molar-refractivity contribution in [1.82, 2.24) is 15.2 Å². The van der Waals surface area contributed by atoms with Crippen LogP contribution in [0.25, 0.3) is 11.6 Å². The summed E-state index contributed by atoms with van der Waals surface area (Å²) in [6, 6.07) is 9.10. The molecule has 1 atom stereocenters. The number of hydrogen-bond donors (Lipinski definition) is 2. The van der Waals surface area contributed by atoms with E-state index in [0.29, 0.717) is 0 Å². The summed E-state index contributed by atoms with van der Waals surface area (Å²) in [5, 5.41) is 7.62. The molecule has 25 heavy (non-hydrogen) atoms. The molecular weight excluding hydrogens is 403 g/mol. The first-order valence-electron chi connectivity index (χ1n) is 6.95. The fourth-order valence-electron chi connectivity index (χ4n) is 2.14. The van der Waals surface area contributed by atoms with E-state index in [0.717, 1.165) is 11.6 Å². The molecule has 3 aromatic rings. The van der Waals surface area contributed by atoms with Gasteiger partial charge in [0.1, 0.15) is 10.6 Å². The van der Waals surface area contributed by atoms with Crippen LogP contribution in [-0.4, -0.2) is 15.2 Å². The van der Waals surface area contributed by atoms with Crippen LogP contribution in [0.2, 0.25) is 0 Å². The number of alkyl halides is 3. The Morgan fingerprint density at radius 2 is 1.80 bits per heavy atom. The molecule has 6 nitrogen and oxygen atoms in total. The molecule has 0 bridgehead atoms. The van der Waals surface area contributed by atoms with Gasteiger partial charge in [0.25, 0.3) is 5.89 Å². The Hall–Kier alpha value is -2.46. The Bertz CT molecular complexity index is 898. The topological polar surface area (TPSA) is 104 Å². The van der Waals surface area contributed by atoms with Crippen LogP contribution in [0.4, 0.5) is 18.9 Å². The summed E-state index contributed by atoms with van der Waals surface area (Å²) in [7, 11) is 0. The number of benzene rings is 1. The third-order valence-corrected chi connectivity index (χ3v) is 3.98. The van der Waals surface area contributed by atoms with Crippen LogP contribution >= 0.6 is 15.9 Å². The predicted octanol–water partition coefficient (Wildman–Crippen LogP) is 3.54. The van der Waals surface area contributed by atoms with Crippen molar-refractivity contribution in [2.75, 3.05) is 5.73 Å². The molecule has 1 aromatic carbocycles. The fourth-order valence-corrected chi connectivity index (χ4v) is 2.65. The second kappa shape index (κ2) is 6.45. The van der Waals surface area contributed by atoms with E-state index in [1.54, 1.807) is 24.3 Å². The lowest BCUT2D eigenvalue weighted by molar-refractivity contribution is -0.138. The molecule has 0 saturated heterocycles.